The zero-order valence-electron chi connectivity index (χ0n) is 34.4. The number of ketones is 5. The Balaban J connectivity index is 0.000000405. The van der Waals surface area contributed by atoms with Gasteiger partial charge in [0, 0.05) is 62.9 Å². The molecule has 6 atom stereocenters. The number of carboxylic acid groups (broad SMARTS) is 1. The van der Waals surface area contributed by atoms with Gasteiger partial charge >= 0.3 is 24.2 Å². The minimum absolute atomic E-state index is 0.0223. The second-order valence-corrected chi connectivity index (χ2v) is 17.2. The molecule has 0 aromatic carbocycles. The molecule has 3 amide bonds. The second-order valence-electron chi connectivity index (χ2n) is 17.2. The molecule has 16 heteroatoms. The maximum absolute atomic E-state index is 11.9. The Morgan fingerprint density at radius 1 is 0.389 bits per heavy atom. The van der Waals surface area contributed by atoms with Gasteiger partial charge in [-0.2, -0.15) is 0 Å². The summed E-state index contributed by atoms with van der Waals surface area (Å²) in [5.74, 6) is -4.54. The zero-order chi connectivity index (χ0) is 42.3. The Morgan fingerprint density at radius 3 is 0.685 bits per heavy atom. The predicted octanol–water partition coefficient (Wildman–Crippen LogP) is 4.44. The molecule has 0 saturated carbocycles. The van der Waals surface area contributed by atoms with Crippen molar-refractivity contribution >= 4 is 53.2 Å². The maximum atomic E-state index is 11.9. The maximum Gasteiger partial charge on any atom is 0.410 e. The predicted molar refractivity (Wildman–Crippen MR) is 195 cm³/mol. The van der Waals surface area contributed by atoms with E-state index in [0.29, 0.717) is 0 Å². The van der Waals surface area contributed by atoms with E-state index >= 15 is 0 Å². The number of nitrogens with zero attached hydrogens (tertiary/aromatic N) is 3. The van der Waals surface area contributed by atoms with Gasteiger partial charge in [0.05, 0.1) is 11.8 Å². The second kappa shape index (κ2) is 18.8. The van der Waals surface area contributed by atoms with Gasteiger partial charge in [0.1, 0.15) is 45.7 Å². The number of ether oxygens (including phenoxy) is 3. The smallest absolute Gasteiger partial charge is 0.410 e. The highest BCUT2D eigenvalue weighted by Gasteiger charge is 2.44. The first-order valence-corrected chi connectivity index (χ1v) is 18.0. The van der Waals surface area contributed by atoms with Crippen molar-refractivity contribution in [2.45, 2.75) is 114 Å². The summed E-state index contributed by atoms with van der Waals surface area (Å²) >= 11 is 0. The largest absolute Gasteiger partial charge is 0.481 e. The van der Waals surface area contributed by atoms with Crippen LogP contribution >= 0.6 is 0 Å². The lowest BCUT2D eigenvalue weighted by Crippen LogP contribution is -2.36. The van der Waals surface area contributed by atoms with E-state index in [1.165, 1.54) is 49.3 Å². The van der Waals surface area contributed by atoms with Crippen molar-refractivity contribution in [3.05, 3.63) is 0 Å². The van der Waals surface area contributed by atoms with E-state index in [1.807, 2.05) is 0 Å². The van der Waals surface area contributed by atoms with Gasteiger partial charge in [-0.15, -0.1) is 0 Å². The Hall–Kier alpha value is -4.37. The fourth-order valence-corrected chi connectivity index (χ4v) is 6.15. The topological polar surface area (TPSA) is 211 Å². The molecule has 0 spiro atoms. The molecule has 3 aliphatic rings. The summed E-state index contributed by atoms with van der Waals surface area (Å²) in [7, 11) is 0. The summed E-state index contributed by atoms with van der Waals surface area (Å²) in [6.45, 7) is 24.3. The summed E-state index contributed by atoms with van der Waals surface area (Å²) in [4.78, 5) is 108. The van der Waals surface area contributed by atoms with Crippen molar-refractivity contribution in [1.82, 2.24) is 14.7 Å². The molecule has 0 aliphatic carbocycles. The van der Waals surface area contributed by atoms with Crippen LogP contribution in [0.5, 0.6) is 0 Å². The van der Waals surface area contributed by atoms with E-state index in [1.54, 1.807) is 62.3 Å². The van der Waals surface area contributed by atoms with Crippen LogP contribution in [-0.2, 0) is 43.0 Å². The molecular formula is C38H61N3O13. The Kier molecular flexibility index (Phi) is 16.6. The first-order chi connectivity index (χ1) is 24.3. The first kappa shape index (κ1) is 47.7. The van der Waals surface area contributed by atoms with Gasteiger partial charge in [0.2, 0.25) is 0 Å². The Morgan fingerprint density at radius 2 is 0.556 bits per heavy atom. The van der Waals surface area contributed by atoms with Gasteiger partial charge < -0.3 is 34.0 Å². The minimum atomic E-state index is -1.05. The van der Waals surface area contributed by atoms with E-state index < -0.39 is 76.6 Å². The van der Waals surface area contributed by atoms with Gasteiger partial charge in [-0.3, -0.25) is 28.8 Å². The van der Waals surface area contributed by atoms with Crippen molar-refractivity contribution in [1.29, 1.82) is 0 Å². The molecule has 306 valence electrons. The van der Waals surface area contributed by atoms with E-state index in [2.05, 4.69) is 0 Å². The van der Waals surface area contributed by atoms with Crippen LogP contribution in [0.2, 0.25) is 0 Å². The summed E-state index contributed by atoms with van der Waals surface area (Å²) in [5.41, 5.74) is -1.78. The van der Waals surface area contributed by atoms with Crippen LogP contribution in [0.1, 0.15) is 96.9 Å². The van der Waals surface area contributed by atoms with Crippen LogP contribution in [0, 0.1) is 35.5 Å². The molecule has 16 nitrogen and oxygen atoms in total. The lowest BCUT2D eigenvalue weighted by molar-refractivity contribution is -0.144. The molecule has 3 saturated heterocycles. The van der Waals surface area contributed by atoms with Crippen LogP contribution in [0.4, 0.5) is 14.4 Å². The van der Waals surface area contributed by atoms with Gasteiger partial charge in [0.15, 0.2) is 0 Å². The molecule has 0 radical (unpaired) electrons. The third kappa shape index (κ3) is 15.2. The van der Waals surface area contributed by atoms with Crippen LogP contribution in [-0.4, -0.2) is 129 Å². The molecule has 1 N–H and O–H groups in total. The summed E-state index contributed by atoms with van der Waals surface area (Å²) < 4.78 is 15.6. The van der Waals surface area contributed by atoms with Crippen molar-refractivity contribution in [2.24, 2.45) is 35.5 Å². The van der Waals surface area contributed by atoms with Crippen molar-refractivity contribution in [2.75, 3.05) is 39.3 Å². The molecule has 0 aromatic heterocycles. The van der Waals surface area contributed by atoms with Crippen molar-refractivity contribution < 1.29 is 62.5 Å². The molecular weight excluding hydrogens is 706 g/mol. The van der Waals surface area contributed by atoms with E-state index in [9.17, 15) is 43.2 Å². The molecule has 0 aromatic rings. The average Bonchev–Trinajstić information content (AvgIpc) is 3.72. The standard InChI is InChI=1S/2C13H21NO4.C12H19NO5/c2*1-8(15)10-6-14(7-11(10)9(2)16)12(17)18-13(3,4)5;1-7(14)8-5-13(6-9(8)10(15)16)11(17)18-12(2,3)4/h2*10-11H,6-7H2,1-5H3;8-9H,5-6H2,1-4H3,(H,15,16)/t2*10-,11-;8-,9+/m111/s1. The molecule has 3 fully saturated rings. The van der Waals surface area contributed by atoms with Crippen LogP contribution in [0.25, 0.3) is 0 Å². The van der Waals surface area contributed by atoms with Crippen LogP contribution < -0.4 is 0 Å². The van der Waals surface area contributed by atoms with Crippen molar-refractivity contribution in [3.8, 4) is 0 Å². The third-order valence-corrected chi connectivity index (χ3v) is 8.84. The molecule has 3 heterocycles. The van der Waals surface area contributed by atoms with Gasteiger partial charge in [-0.25, -0.2) is 14.4 Å². The Labute approximate surface area is 318 Å². The molecule has 3 rings (SSSR count). The van der Waals surface area contributed by atoms with Crippen LogP contribution in [0.3, 0.4) is 0 Å². The van der Waals surface area contributed by atoms with E-state index in [-0.39, 0.29) is 68.2 Å². The number of rotatable bonds is 6. The van der Waals surface area contributed by atoms with Gasteiger partial charge in [-0.1, -0.05) is 0 Å². The van der Waals surface area contributed by atoms with E-state index in [4.69, 9.17) is 19.3 Å². The number of hydrogen-bond donors (Lipinski definition) is 1. The minimum Gasteiger partial charge on any atom is -0.481 e. The Bertz CT molecular complexity index is 1220. The number of carbonyl (C=O) groups is 9. The zero-order valence-corrected chi connectivity index (χ0v) is 34.4. The number of Topliss-reactive ketones (excluding diaryl/α,β-unsaturated/α-hetero) is 5. The van der Waals surface area contributed by atoms with Crippen LogP contribution in [0.15, 0.2) is 0 Å². The lowest BCUT2D eigenvalue weighted by Gasteiger charge is -2.24. The number of carboxylic acids is 1. The van der Waals surface area contributed by atoms with Gasteiger partial charge in [0.25, 0.3) is 0 Å². The first-order valence-electron chi connectivity index (χ1n) is 18.0. The number of carbonyl (C=O) groups excluding carboxylic acids is 8. The number of aliphatic carboxylic acids is 1. The molecule has 54 heavy (non-hydrogen) atoms. The summed E-state index contributed by atoms with van der Waals surface area (Å²) in [6.07, 6.45) is -1.49. The fraction of sp³-hybridized carbons (Fsp3) is 0.763. The summed E-state index contributed by atoms with van der Waals surface area (Å²) in [6, 6.07) is 0. The highest BCUT2D eigenvalue weighted by Crippen LogP contribution is 2.29. The lowest BCUT2D eigenvalue weighted by atomic mass is 9.90. The SMILES string of the molecule is CC(=O)[C@H]1CN(C(=O)OC(C)(C)C)C[C@@H]1C(=O)O.CC(=O)[C@H]1CN(C(=O)OC(C)(C)C)C[C@@H]1C(C)=O.CC(=O)[C@H]1CN(C(=O)OC(C)(C)C)C[C@@H]1C(C)=O. The van der Waals surface area contributed by atoms with Crippen molar-refractivity contribution in [3.63, 3.8) is 0 Å². The molecule has 0 bridgehead atoms. The number of likely N-dealkylation sites (tertiary alicyclic amines) is 3. The monoisotopic (exact) mass is 767 g/mol. The highest BCUT2D eigenvalue weighted by molar-refractivity contribution is 5.90. The quantitative estimate of drug-likeness (QED) is 0.371. The average molecular weight is 768 g/mol. The fourth-order valence-electron chi connectivity index (χ4n) is 6.15. The molecule has 0 unspecified atom stereocenters. The van der Waals surface area contributed by atoms with Gasteiger partial charge in [-0.05, 0) is 96.9 Å². The van der Waals surface area contributed by atoms with E-state index in [0.717, 1.165) is 0 Å². The summed E-state index contributed by atoms with van der Waals surface area (Å²) in [5, 5.41) is 9.03. The normalized spacial score (nSPS) is 23.9. The highest BCUT2D eigenvalue weighted by atomic mass is 16.6. The molecule has 3 aliphatic heterocycles. The number of amides is 3. The third-order valence-electron chi connectivity index (χ3n) is 8.84. The number of hydrogen-bond acceptors (Lipinski definition) is 12.